The molecule has 0 aliphatic heterocycles. The maximum Gasteiger partial charge on any atom is 0.306 e. The molecule has 1 unspecified atom stereocenters. The minimum absolute atomic E-state index is 0.104. The number of hydrogen-bond donors (Lipinski definition) is 0. The molecule has 0 saturated heterocycles. The van der Waals surface area contributed by atoms with Crippen molar-refractivity contribution in [1.82, 2.24) is 0 Å². The third kappa shape index (κ3) is 58.3. The Hall–Kier alpha value is -4.45. The van der Waals surface area contributed by atoms with Crippen molar-refractivity contribution in [3.05, 3.63) is 134 Å². The molecule has 0 aliphatic rings. The molecule has 0 aromatic carbocycles. The van der Waals surface area contributed by atoms with E-state index in [9.17, 15) is 14.4 Å². The predicted molar refractivity (Wildman–Crippen MR) is 316 cm³/mol. The minimum atomic E-state index is -0.808. The highest BCUT2D eigenvalue weighted by Gasteiger charge is 2.19. The van der Waals surface area contributed by atoms with Crippen LogP contribution in [0.25, 0.3) is 0 Å². The largest absolute Gasteiger partial charge is 0.462 e. The number of rotatable bonds is 52. The van der Waals surface area contributed by atoms with Gasteiger partial charge in [0.05, 0.1) is 0 Å². The summed E-state index contributed by atoms with van der Waals surface area (Å²) < 4.78 is 16.8. The number of allylic oxidation sites excluding steroid dienone is 22. The molecule has 0 bridgehead atoms. The molecule has 0 amide bonds. The van der Waals surface area contributed by atoms with Crippen LogP contribution in [0.1, 0.15) is 252 Å². The van der Waals surface area contributed by atoms with Gasteiger partial charge in [-0.05, 0) is 135 Å². The van der Waals surface area contributed by atoms with Crippen molar-refractivity contribution in [2.45, 2.75) is 258 Å². The smallest absolute Gasteiger partial charge is 0.306 e. The standard InChI is InChI=1S/C67H108O6/c1-4-7-10-13-16-19-22-24-26-28-30-31-32-33-34-35-36-37-38-40-41-43-45-48-51-54-57-60-66(69)72-63-64(62-71-65(68)59-56-53-50-47-21-18-15-12-9-6-3)73-67(70)61-58-55-52-49-46-44-42-39-29-27-25-23-20-17-14-11-8-5-2/h7,10,12,15-16,19-20,23-24,26-27,29-31,33-34,36-37,40-41,45,48,64H,4-6,8-9,11,13-14,17-18,21-22,25,28,32,35,38-39,42-44,46-47,49-63H2,1-3H3/b10-7-,15-12-,19-16-,23-20-,26-24-,29-27-,31-30-,34-33-,37-36-,41-40-,48-45-. The van der Waals surface area contributed by atoms with Crippen molar-refractivity contribution in [2.75, 3.05) is 13.2 Å². The van der Waals surface area contributed by atoms with Crippen LogP contribution in [0.15, 0.2) is 134 Å². The molecule has 0 spiro atoms. The number of carbonyl (C=O) groups excluding carboxylic acids is 3. The first-order valence-corrected chi connectivity index (χ1v) is 29.7. The Labute approximate surface area is 449 Å². The second-order valence-electron chi connectivity index (χ2n) is 19.2. The fourth-order valence-corrected chi connectivity index (χ4v) is 7.67. The minimum Gasteiger partial charge on any atom is -0.462 e. The third-order valence-corrected chi connectivity index (χ3v) is 12.1. The van der Waals surface area contributed by atoms with Crippen LogP contribution in [0.2, 0.25) is 0 Å². The van der Waals surface area contributed by atoms with Gasteiger partial charge in [-0.15, -0.1) is 0 Å². The zero-order chi connectivity index (χ0) is 52.9. The van der Waals surface area contributed by atoms with Crippen LogP contribution in [0.4, 0.5) is 0 Å². The summed E-state index contributed by atoms with van der Waals surface area (Å²) in [5.74, 6) is -0.971. The van der Waals surface area contributed by atoms with Crippen LogP contribution in [0.3, 0.4) is 0 Å². The maximum atomic E-state index is 12.8. The summed E-state index contributed by atoms with van der Waals surface area (Å²) in [6, 6.07) is 0. The molecule has 0 aromatic heterocycles. The summed E-state index contributed by atoms with van der Waals surface area (Å²) >= 11 is 0. The Bertz CT molecular complexity index is 1580. The van der Waals surface area contributed by atoms with Crippen molar-refractivity contribution in [3.8, 4) is 0 Å². The number of ether oxygens (including phenoxy) is 3. The normalized spacial score (nSPS) is 13.1. The topological polar surface area (TPSA) is 78.9 Å². The molecule has 0 radical (unpaired) electrons. The van der Waals surface area contributed by atoms with Gasteiger partial charge in [0.2, 0.25) is 0 Å². The zero-order valence-electron chi connectivity index (χ0n) is 47.1. The van der Waals surface area contributed by atoms with Gasteiger partial charge in [0.25, 0.3) is 0 Å². The molecule has 0 fully saturated rings. The van der Waals surface area contributed by atoms with E-state index in [4.69, 9.17) is 14.2 Å². The van der Waals surface area contributed by atoms with E-state index in [1.807, 2.05) is 0 Å². The summed E-state index contributed by atoms with van der Waals surface area (Å²) in [6.45, 7) is 6.39. The average molecular weight is 1010 g/mol. The molecular weight excluding hydrogens is 901 g/mol. The van der Waals surface area contributed by atoms with Crippen molar-refractivity contribution in [2.24, 2.45) is 0 Å². The van der Waals surface area contributed by atoms with E-state index in [1.165, 1.54) is 70.6 Å². The monoisotopic (exact) mass is 1010 g/mol. The number of esters is 3. The van der Waals surface area contributed by atoms with Crippen LogP contribution in [0.5, 0.6) is 0 Å². The van der Waals surface area contributed by atoms with Gasteiger partial charge in [-0.2, -0.15) is 0 Å². The molecule has 73 heavy (non-hydrogen) atoms. The second kappa shape index (κ2) is 60.1. The molecule has 6 heteroatoms. The first kappa shape index (κ1) is 68.6. The van der Waals surface area contributed by atoms with Gasteiger partial charge in [-0.1, -0.05) is 231 Å². The van der Waals surface area contributed by atoms with E-state index < -0.39 is 6.10 Å². The first-order chi connectivity index (χ1) is 36.0. The van der Waals surface area contributed by atoms with Gasteiger partial charge in [0.15, 0.2) is 6.10 Å². The van der Waals surface area contributed by atoms with E-state index in [0.29, 0.717) is 25.7 Å². The molecule has 0 N–H and O–H groups in total. The van der Waals surface area contributed by atoms with Gasteiger partial charge >= 0.3 is 17.9 Å². The lowest BCUT2D eigenvalue weighted by Crippen LogP contribution is -2.30. The molecule has 6 nitrogen and oxygen atoms in total. The van der Waals surface area contributed by atoms with Crippen LogP contribution in [0, 0.1) is 0 Å². The van der Waals surface area contributed by atoms with Crippen molar-refractivity contribution in [1.29, 1.82) is 0 Å². The van der Waals surface area contributed by atoms with Crippen molar-refractivity contribution >= 4 is 17.9 Å². The summed E-state index contributed by atoms with van der Waals surface area (Å²) in [6.07, 6.45) is 84.5. The number of unbranched alkanes of at least 4 members (excludes halogenated alkanes) is 19. The highest BCUT2D eigenvalue weighted by Crippen LogP contribution is 2.14. The zero-order valence-corrected chi connectivity index (χ0v) is 47.1. The Morgan fingerprint density at radius 2 is 0.562 bits per heavy atom. The van der Waals surface area contributed by atoms with E-state index >= 15 is 0 Å². The molecule has 0 aliphatic carbocycles. The maximum absolute atomic E-state index is 12.8. The van der Waals surface area contributed by atoms with Gasteiger partial charge < -0.3 is 14.2 Å². The molecule has 0 aromatic rings. The Morgan fingerprint density at radius 3 is 0.932 bits per heavy atom. The first-order valence-electron chi connectivity index (χ1n) is 29.7. The van der Waals surface area contributed by atoms with Crippen molar-refractivity contribution < 1.29 is 28.6 Å². The van der Waals surface area contributed by atoms with Gasteiger partial charge in [0.1, 0.15) is 13.2 Å². The highest BCUT2D eigenvalue weighted by atomic mass is 16.6. The summed E-state index contributed by atoms with van der Waals surface area (Å²) in [7, 11) is 0. The van der Waals surface area contributed by atoms with E-state index in [2.05, 4.69) is 154 Å². The van der Waals surface area contributed by atoms with Gasteiger partial charge in [-0.25, -0.2) is 0 Å². The Morgan fingerprint density at radius 1 is 0.288 bits per heavy atom. The summed E-state index contributed by atoms with van der Waals surface area (Å²) in [5.41, 5.74) is 0. The second-order valence-corrected chi connectivity index (χ2v) is 19.2. The Balaban J connectivity index is 4.41. The predicted octanol–water partition coefficient (Wildman–Crippen LogP) is 20.2. The fraction of sp³-hybridized carbons (Fsp3) is 0.627. The SMILES string of the molecule is CC/C=C\C/C=C\C/C=C\C/C=C\C/C=C\C/C=C\C/C=C\C/C=C\CCCCC(=O)OCC(COC(=O)CCCCCCC/C=C\CCC)OC(=O)CCCCCCCCC/C=C\C/C=C\CCCCCC. The molecule has 0 saturated carbocycles. The quantitative estimate of drug-likeness (QED) is 0.0261. The van der Waals surface area contributed by atoms with Crippen LogP contribution >= 0.6 is 0 Å². The van der Waals surface area contributed by atoms with Crippen LogP contribution in [-0.2, 0) is 28.6 Å². The summed E-state index contributed by atoms with van der Waals surface area (Å²) in [4.78, 5) is 38.1. The van der Waals surface area contributed by atoms with Gasteiger partial charge in [0, 0.05) is 19.3 Å². The fourth-order valence-electron chi connectivity index (χ4n) is 7.67. The molecule has 0 rings (SSSR count). The van der Waals surface area contributed by atoms with E-state index in [-0.39, 0.29) is 31.1 Å². The molecular formula is C67H108O6. The van der Waals surface area contributed by atoms with Gasteiger partial charge in [-0.3, -0.25) is 14.4 Å². The van der Waals surface area contributed by atoms with Crippen molar-refractivity contribution in [3.63, 3.8) is 0 Å². The highest BCUT2D eigenvalue weighted by molar-refractivity contribution is 5.71. The lowest BCUT2D eigenvalue weighted by Gasteiger charge is -2.18. The Kier molecular flexibility index (Phi) is 56.4. The molecule has 1 atom stereocenters. The third-order valence-electron chi connectivity index (χ3n) is 12.1. The lowest BCUT2D eigenvalue weighted by atomic mass is 10.1. The average Bonchev–Trinajstić information content (AvgIpc) is 3.39. The lowest BCUT2D eigenvalue weighted by molar-refractivity contribution is -0.167. The van der Waals surface area contributed by atoms with E-state index in [0.717, 1.165) is 135 Å². The van der Waals surface area contributed by atoms with E-state index in [1.54, 1.807) is 0 Å². The molecule has 412 valence electrons. The number of carbonyl (C=O) groups is 3. The van der Waals surface area contributed by atoms with Crippen LogP contribution < -0.4 is 0 Å². The number of hydrogen-bond acceptors (Lipinski definition) is 6. The molecule has 0 heterocycles. The van der Waals surface area contributed by atoms with Crippen LogP contribution in [-0.4, -0.2) is 37.2 Å². The summed E-state index contributed by atoms with van der Waals surface area (Å²) in [5, 5.41) is 0.